The zero-order chi connectivity index (χ0) is 9.54. The number of imidazole rings is 1. The van der Waals surface area contributed by atoms with Crippen molar-refractivity contribution in [2.45, 2.75) is 38.8 Å². The molecule has 2 fully saturated rings. The van der Waals surface area contributed by atoms with Gasteiger partial charge in [-0.3, -0.25) is 0 Å². The van der Waals surface area contributed by atoms with Crippen molar-refractivity contribution in [1.82, 2.24) is 9.55 Å². The SMILES string of the molecule is CC1CC1Cn1ccnc1NC1CC1. The minimum absolute atomic E-state index is 0.702. The maximum absolute atomic E-state index is 4.35. The van der Waals surface area contributed by atoms with E-state index in [1.54, 1.807) is 0 Å². The summed E-state index contributed by atoms with van der Waals surface area (Å²) in [5.41, 5.74) is 0. The van der Waals surface area contributed by atoms with Gasteiger partial charge in [-0.25, -0.2) is 4.98 Å². The van der Waals surface area contributed by atoms with E-state index in [2.05, 4.69) is 28.0 Å². The highest BCUT2D eigenvalue weighted by atomic mass is 15.2. The number of aromatic nitrogens is 2. The van der Waals surface area contributed by atoms with Crippen molar-refractivity contribution in [1.29, 1.82) is 0 Å². The Hall–Kier alpha value is -0.990. The minimum atomic E-state index is 0.702. The Morgan fingerprint density at radius 2 is 2.36 bits per heavy atom. The van der Waals surface area contributed by atoms with Crippen molar-refractivity contribution < 1.29 is 0 Å². The summed E-state index contributed by atoms with van der Waals surface area (Å²) < 4.78 is 2.27. The third kappa shape index (κ3) is 1.63. The predicted octanol–water partition coefficient (Wildman–Crippen LogP) is 2.11. The molecule has 2 aliphatic rings. The summed E-state index contributed by atoms with van der Waals surface area (Å²) in [7, 11) is 0. The molecule has 3 nitrogen and oxygen atoms in total. The van der Waals surface area contributed by atoms with E-state index in [0.717, 1.165) is 24.3 Å². The zero-order valence-corrected chi connectivity index (χ0v) is 8.61. The van der Waals surface area contributed by atoms with Crippen molar-refractivity contribution in [3.05, 3.63) is 12.4 Å². The molecule has 0 radical (unpaired) electrons. The van der Waals surface area contributed by atoms with Crippen molar-refractivity contribution in [2.75, 3.05) is 5.32 Å². The van der Waals surface area contributed by atoms with Gasteiger partial charge >= 0.3 is 0 Å². The number of nitrogens with one attached hydrogen (secondary N) is 1. The Kier molecular flexibility index (Phi) is 1.79. The zero-order valence-electron chi connectivity index (χ0n) is 8.61. The van der Waals surface area contributed by atoms with E-state index in [9.17, 15) is 0 Å². The van der Waals surface area contributed by atoms with E-state index < -0.39 is 0 Å². The molecule has 1 aromatic heterocycles. The van der Waals surface area contributed by atoms with Crippen molar-refractivity contribution in [3.8, 4) is 0 Å². The second kappa shape index (κ2) is 3.01. The quantitative estimate of drug-likeness (QED) is 0.790. The van der Waals surface area contributed by atoms with E-state index in [4.69, 9.17) is 0 Å². The molecule has 1 N–H and O–H groups in total. The highest BCUT2D eigenvalue weighted by Gasteiger charge is 2.33. The van der Waals surface area contributed by atoms with Crippen LogP contribution >= 0.6 is 0 Å². The lowest BCUT2D eigenvalue weighted by molar-refractivity contribution is 0.597. The molecule has 3 rings (SSSR count). The first-order chi connectivity index (χ1) is 6.83. The lowest BCUT2D eigenvalue weighted by atomic mass is 10.3. The van der Waals surface area contributed by atoms with Crippen LogP contribution in [0.2, 0.25) is 0 Å². The summed E-state index contributed by atoms with van der Waals surface area (Å²) in [5, 5.41) is 3.46. The number of hydrogen-bond acceptors (Lipinski definition) is 2. The van der Waals surface area contributed by atoms with Crippen LogP contribution in [0.5, 0.6) is 0 Å². The Labute approximate surface area is 84.5 Å². The molecule has 0 aliphatic heterocycles. The van der Waals surface area contributed by atoms with Crippen LogP contribution in [-0.2, 0) is 6.54 Å². The third-order valence-corrected chi connectivity index (χ3v) is 3.33. The fourth-order valence-electron chi connectivity index (χ4n) is 1.91. The van der Waals surface area contributed by atoms with Crippen LogP contribution in [0.4, 0.5) is 5.95 Å². The van der Waals surface area contributed by atoms with Crippen molar-refractivity contribution in [2.24, 2.45) is 11.8 Å². The fourth-order valence-corrected chi connectivity index (χ4v) is 1.91. The Bertz CT molecular complexity index is 327. The molecule has 0 bridgehead atoms. The monoisotopic (exact) mass is 191 g/mol. The smallest absolute Gasteiger partial charge is 0.202 e. The van der Waals surface area contributed by atoms with Crippen LogP contribution in [0.25, 0.3) is 0 Å². The Balaban J connectivity index is 1.66. The number of nitrogens with zero attached hydrogens (tertiary/aromatic N) is 2. The van der Waals surface area contributed by atoms with Crippen LogP contribution in [0.1, 0.15) is 26.2 Å². The fraction of sp³-hybridized carbons (Fsp3) is 0.727. The molecule has 1 aromatic rings. The molecular weight excluding hydrogens is 174 g/mol. The second-order valence-corrected chi connectivity index (χ2v) is 4.79. The van der Waals surface area contributed by atoms with Crippen molar-refractivity contribution >= 4 is 5.95 Å². The largest absolute Gasteiger partial charge is 0.353 e. The normalized spacial score (nSPS) is 30.4. The van der Waals surface area contributed by atoms with Gasteiger partial charge in [0, 0.05) is 25.0 Å². The first-order valence-corrected chi connectivity index (χ1v) is 5.60. The topological polar surface area (TPSA) is 29.9 Å². The van der Waals surface area contributed by atoms with Crippen molar-refractivity contribution in [3.63, 3.8) is 0 Å². The maximum Gasteiger partial charge on any atom is 0.202 e. The molecule has 2 aliphatic carbocycles. The van der Waals surface area contributed by atoms with Gasteiger partial charge in [0.25, 0.3) is 0 Å². The maximum atomic E-state index is 4.35. The lowest BCUT2D eigenvalue weighted by Crippen LogP contribution is -2.10. The molecule has 0 amide bonds. The molecule has 2 unspecified atom stereocenters. The molecule has 0 spiro atoms. The molecule has 0 saturated heterocycles. The summed E-state index contributed by atoms with van der Waals surface area (Å²) in [6.45, 7) is 3.48. The average Bonchev–Trinajstić information content (AvgIpc) is 3.01. The van der Waals surface area contributed by atoms with Gasteiger partial charge < -0.3 is 9.88 Å². The van der Waals surface area contributed by atoms with E-state index in [1.165, 1.54) is 19.3 Å². The standard InChI is InChI=1S/C11H17N3/c1-8-6-9(8)7-14-5-4-12-11(14)13-10-2-3-10/h4-5,8-10H,2-3,6-7H2,1H3,(H,12,13). The van der Waals surface area contributed by atoms with Crippen LogP contribution in [-0.4, -0.2) is 15.6 Å². The summed E-state index contributed by atoms with van der Waals surface area (Å²) in [6.07, 6.45) is 8.01. The third-order valence-electron chi connectivity index (χ3n) is 3.33. The summed E-state index contributed by atoms with van der Waals surface area (Å²) in [5.74, 6) is 2.89. The van der Waals surface area contributed by atoms with Crippen LogP contribution in [0.3, 0.4) is 0 Å². The highest BCUT2D eigenvalue weighted by Crippen LogP contribution is 2.39. The predicted molar refractivity (Wildman–Crippen MR) is 56.1 cm³/mol. The van der Waals surface area contributed by atoms with Gasteiger partial charge in [0.05, 0.1) is 0 Å². The summed E-state index contributed by atoms with van der Waals surface area (Å²) in [6, 6.07) is 0.702. The molecule has 2 atom stereocenters. The molecule has 2 saturated carbocycles. The van der Waals surface area contributed by atoms with Crippen LogP contribution in [0.15, 0.2) is 12.4 Å². The molecule has 14 heavy (non-hydrogen) atoms. The van der Waals surface area contributed by atoms with Gasteiger partial charge in [-0.1, -0.05) is 6.92 Å². The first-order valence-electron chi connectivity index (χ1n) is 5.60. The van der Waals surface area contributed by atoms with E-state index >= 15 is 0 Å². The van der Waals surface area contributed by atoms with E-state index in [0.29, 0.717) is 6.04 Å². The second-order valence-electron chi connectivity index (χ2n) is 4.79. The number of rotatable bonds is 4. The van der Waals surface area contributed by atoms with E-state index in [-0.39, 0.29) is 0 Å². The first kappa shape index (κ1) is 8.33. The molecule has 76 valence electrons. The van der Waals surface area contributed by atoms with E-state index in [1.807, 2.05) is 6.20 Å². The van der Waals surface area contributed by atoms with Gasteiger partial charge in [-0.15, -0.1) is 0 Å². The van der Waals surface area contributed by atoms with Gasteiger partial charge in [0.1, 0.15) is 0 Å². The molecule has 1 heterocycles. The van der Waals surface area contributed by atoms with Gasteiger partial charge in [-0.05, 0) is 31.1 Å². The molecular formula is C11H17N3. The average molecular weight is 191 g/mol. The van der Waals surface area contributed by atoms with Gasteiger partial charge in [-0.2, -0.15) is 0 Å². The summed E-state index contributed by atoms with van der Waals surface area (Å²) in [4.78, 5) is 4.35. The highest BCUT2D eigenvalue weighted by molar-refractivity contribution is 5.29. The van der Waals surface area contributed by atoms with Gasteiger partial charge in [0.2, 0.25) is 5.95 Å². The minimum Gasteiger partial charge on any atom is -0.353 e. The lowest BCUT2D eigenvalue weighted by Gasteiger charge is -2.08. The van der Waals surface area contributed by atoms with Crippen LogP contribution < -0.4 is 5.32 Å². The summed E-state index contributed by atoms with van der Waals surface area (Å²) >= 11 is 0. The molecule has 0 aromatic carbocycles. The Morgan fingerprint density at radius 3 is 3.00 bits per heavy atom. The Morgan fingerprint density at radius 1 is 1.57 bits per heavy atom. The number of hydrogen-bond donors (Lipinski definition) is 1. The van der Waals surface area contributed by atoms with Gasteiger partial charge in [0.15, 0.2) is 0 Å². The molecule has 3 heteroatoms. The van der Waals surface area contributed by atoms with Crippen LogP contribution in [0, 0.1) is 11.8 Å². The number of anilines is 1.